The van der Waals surface area contributed by atoms with Crippen LogP contribution in [-0.4, -0.2) is 25.2 Å². The summed E-state index contributed by atoms with van der Waals surface area (Å²) in [6, 6.07) is 43.6. The topological polar surface area (TPSA) is 18.5 Å². The average Bonchev–Trinajstić information content (AvgIpc) is 3.02. The van der Waals surface area contributed by atoms with Crippen molar-refractivity contribution >= 4 is 45.9 Å². The molecule has 0 aliphatic carbocycles. The first-order chi connectivity index (χ1) is 20.3. The Hall–Kier alpha value is -2.81. The van der Waals surface area contributed by atoms with Gasteiger partial charge in [0, 0.05) is 5.54 Å². The molecule has 0 fully saturated rings. The summed E-state index contributed by atoms with van der Waals surface area (Å²) < 4.78 is 15.6. The van der Waals surface area contributed by atoms with Crippen LogP contribution in [0.1, 0.15) is 46.0 Å². The van der Waals surface area contributed by atoms with E-state index < -0.39 is 25.2 Å². The molecule has 0 spiro atoms. The predicted molar refractivity (Wildman–Crippen MR) is 189 cm³/mol. The van der Waals surface area contributed by atoms with Crippen LogP contribution in [0.2, 0.25) is 25.2 Å². The van der Waals surface area contributed by atoms with E-state index >= 15 is 0 Å². The van der Waals surface area contributed by atoms with Crippen molar-refractivity contribution < 1.29 is 8.23 Å². The lowest BCUT2D eigenvalue weighted by Crippen LogP contribution is -2.76. The van der Waals surface area contributed by atoms with E-state index in [0.29, 0.717) is 0 Å². The van der Waals surface area contributed by atoms with Gasteiger partial charge in [0.1, 0.15) is 0 Å². The van der Waals surface area contributed by atoms with Crippen molar-refractivity contribution in [2.45, 2.75) is 71.1 Å². The molecule has 0 saturated heterocycles. The molecule has 220 valence electrons. The number of unbranched alkanes of at least 4 members (excludes halogenated alkanes) is 4. The van der Waals surface area contributed by atoms with E-state index in [0.717, 1.165) is 16.8 Å². The van der Waals surface area contributed by atoms with E-state index in [4.69, 9.17) is 8.23 Å². The molecule has 0 aliphatic rings. The zero-order chi connectivity index (χ0) is 29.9. The van der Waals surface area contributed by atoms with Gasteiger partial charge in [-0.2, -0.15) is 0 Å². The van der Waals surface area contributed by atoms with Gasteiger partial charge in [0.2, 0.25) is 0 Å². The minimum absolute atomic E-state index is 0.179. The molecule has 0 bridgehead atoms. The molecule has 0 amide bonds. The first-order valence-electron chi connectivity index (χ1n) is 15.6. The lowest BCUT2D eigenvalue weighted by atomic mass is 10.1. The molecule has 42 heavy (non-hydrogen) atoms. The molecule has 0 aliphatic heterocycles. The molecule has 2 nitrogen and oxygen atoms in total. The molecule has 1 atom stereocenters. The van der Waals surface area contributed by atoms with Crippen LogP contribution < -0.4 is 20.7 Å². The van der Waals surface area contributed by atoms with Crippen molar-refractivity contribution in [2.75, 3.05) is 0 Å². The van der Waals surface area contributed by atoms with E-state index in [1.165, 1.54) is 36.1 Å². The van der Waals surface area contributed by atoms with Crippen molar-refractivity contribution in [2.24, 2.45) is 0 Å². The van der Waals surface area contributed by atoms with Crippen LogP contribution in [0.4, 0.5) is 0 Å². The van der Waals surface area contributed by atoms with Gasteiger partial charge in [0.05, 0.1) is 0 Å². The van der Waals surface area contributed by atoms with E-state index in [2.05, 4.69) is 167 Å². The lowest BCUT2D eigenvalue weighted by molar-refractivity contribution is 0.413. The smallest absolute Gasteiger partial charge is 0.386 e. The summed E-state index contributed by atoms with van der Waals surface area (Å²) >= 11 is 0. The first kappa shape index (κ1) is 32.1. The minimum atomic E-state index is -3.22. The summed E-state index contributed by atoms with van der Waals surface area (Å²) in [6.45, 7) is 11.5. The van der Waals surface area contributed by atoms with E-state index in [9.17, 15) is 0 Å². The second-order valence-corrected chi connectivity index (χ2v) is 24.0. The highest BCUT2D eigenvalue weighted by atomic mass is 28.5. The molecule has 5 heteroatoms. The maximum absolute atomic E-state index is 8.14. The molecule has 0 N–H and O–H groups in total. The Labute approximate surface area is 258 Å². The Morgan fingerprint density at radius 2 is 1.00 bits per heavy atom. The van der Waals surface area contributed by atoms with Crippen molar-refractivity contribution in [1.82, 2.24) is 0 Å². The van der Waals surface area contributed by atoms with Gasteiger partial charge in [-0.15, -0.1) is 0 Å². The molecule has 4 rings (SSSR count). The van der Waals surface area contributed by atoms with Crippen LogP contribution in [0.25, 0.3) is 0 Å². The summed E-state index contributed by atoms with van der Waals surface area (Å²) in [5, 5.41) is 4.89. The van der Waals surface area contributed by atoms with Crippen molar-refractivity contribution in [1.29, 1.82) is 0 Å². The summed E-state index contributed by atoms with van der Waals surface area (Å²) in [5.74, 6) is 0. The molecule has 0 unspecified atom stereocenters. The third-order valence-electron chi connectivity index (χ3n) is 7.76. The van der Waals surface area contributed by atoms with E-state index in [-0.39, 0.29) is 5.54 Å². The Bertz CT molecular complexity index is 1280. The van der Waals surface area contributed by atoms with Crippen molar-refractivity contribution in [3.8, 4) is 0 Å². The standard InChI is InChI=1S/C37H48O2Si3/c1-6-7-8-9-10-15-24-33(2)41(34-25-16-11-17-26-34,35-27-18-12-19-28-35)39-42(38-40(3,4)5,36-29-20-13-21-30-36)37-31-22-14-23-32-37/h11-33H,6-10H2,1-5H3/b24-15-/t33-/m1/s1. The fourth-order valence-corrected chi connectivity index (χ4v) is 19.9. The first-order valence-corrected chi connectivity index (χ1v) is 22.8. The Balaban J connectivity index is 1.99. The SMILES string of the molecule is CCCCCC/C=C\[C@@H](C)[Si](O[Si](O[Si](C)(C)C)(c1ccccc1)c1ccccc1)(c1ccccc1)c1ccccc1. The Morgan fingerprint density at radius 3 is 1.40 bits per heavy atom. The molecule has 0 saturated carbocycles. The monoisotopic (exact) mass is 608 g/mol. The fourth-order valence-electron chi connectivity index (χ4n) is 5.80. The van der Waals surface area contributed by atoms with Gasteiger partial charge in [-0.25, -0.2) is 0 Å². The second-order valence-electron chi connectivity index (χ2n) is 12.2. The average molecular weight is 609 g/mol. The van der Waals surface area contributed by atoms with E-state index in [1.54, 1.807) is 0 Å². The van der Waals surface area contributed by atoms with Gasteiger partial charge >= 0.3 is 8.56 Å². The molecule has 4 aromatic carbocycles. The number of hydrogen-bond donors (Lipinski definition) is 0. The zero-order valence-corrected chi connectivity index (χ0v) is 29.1. The highest BCUT2D eigenvalue weighted by Gasteiger charge is 2.55. The van der Waals surface area contributed by atoms with Crippen LogP contribution in [-0.2, 0) is 8.23 Å². The van der Waals surface area contributed by atoms with E-state index in [1.807, 2.05) is 0 Å². The highest BCUT2D eigenvalue weighted by molar-refractivity contribution is 7.09. The Morgan fingerprint density at radius 1 is 0.571 bits per heavy atom. The fraction of sp³-hybridized carbons (Fsp3) is 0.297. The van der Waals surface area contributed by atoms with Gasteiger partial charge in [0.25, 0.3) is 8.32 Å². The summed E-state index contributed by atoms with van der Waals surface area (Å²) in [7, 11) is -8.28. The Kier molecular flexibility index (Phi) is 11.5. The van der Waals surface area contributed by atoms with Crippen molar-refractivity contribution in [3.63, 3.8) is 0 Å². The minimum Gasteiger partial charge on any atom is -0.430 e. The van der Waals surface area contributed by atoms with Crippen LogP contribution >= 0.6 is 0 Å². The lowest BCUT2D eigenvalue weighted by Gasteiger charge is -2.46. The maximum Gasteiger partial charge on any atom is 0.386 e. The molecule has 0 aromatic heterocycles. The van der Waals surface area contributed by atoms with Crippen LogP contribution in [0.3, 0.4) is 0 Å². The number of allylic oxidation sites excluding steroid dienone is 2. The summed E-state index contributed by atoms with van der Waals surface area (Å²) in [5.41, 5.74) is 0.179. The molecular formula is C37H48O2Si3. The van der Waals surface area contributed by atoms with Gasteiger partial charge in [0.15, 0.2) is 8.32 Å². The molecule has 4 aromatic rings. The second kappa shape index (κ2) is 15.1. The number of benzene rings is 4. The number of rotatable bonds is 15. The van der Waals surface area contributed by atoms with Gasteiger partial charge in [-0.3, -0.25) is 0 Å². The quantitative estimate of drug-likeness (QED) is 0.0779. The van der Waals surface area contributed by atoms with Crippen LogP contribution in [0.15, 0.2) is 133 Å². The zero-order valence-electron chi connectivity index (χ0n) is 26.1. The van der Waals surface area contributed by atoms with Gasteiger partial charge < -0.3 is 8.23 Å². The van der Waals surface area contributed by atoms with Crippen LogP contribution in [0, 0.1) is 0 Å². The maximum atomic E-state index is 8.14. The summed E-state index contributed by atoms with van der Waals surface area (Å²) in [4.78, 5) is 0. The van der Waals surface area contributed by atoms with Crippen LogP contribution in [0.5, 0.6) is 0 Å². The molecular weight excluding hydrogens is 561 g/mol. The predicted octanol–water partition coefficient (Wildman–Crippen LogP) is 7.79. The summed E-state index contributed by atoms with van der Waals surface area (Å²) in [6.07, 6.45) is 11.0. The largest absolute Gasteiger partial charge is 0.430 e. The number of hydrogen-bond acceptors (Lipinski definition) is 2. The normalized spacial score (nSPS) is 13.4. The molecule has 0 heterocycles. The third kappa shape index (κ3) is 7.77. The molecule has 0 radical (unpaired) electrons. The van der Waals surface area contributed by atoms with Gasteiger partial charge in [-0.05, 0) is 53.2 Å². The third-order valence-corrected chi connectivity index (χ3v) is 19.8. The van der Waals surface area contributed by atoms with Crippen molar-refractivity contribution in [3.05, 3.63) is 133 Å². The van der Waals surface area contributed by atoms with Gasteiger partial charge in [-0.1, -0.05) is 167 Å². The highest BCUT2D eigenvalue weighted by Crippen LogP contribution is 2.31.